The predicted octanol–water partition coefficient (Wildman–Crippen LogP) is 3.56. The second-order valence-corrected chi connectivity index (χ2v) is 9.27. The molecule has 3 atom stereocenters. The molecular weight excluding hydrogens is 458 g/mol. The van der Waals surface area contributed by atoms with Crippen molar-refractivity contribution in [1.82, 2.24) is 34.7 Å². The molecule has 0 radical (unpaired) electrons. The van der Waals surface area contributed by atoms with E-state index in [0.717, 1.165) is 53.8 Å². The van der Waals surface area contributed by atoms with E-state index in [1.807, 2.05) is 49.5 Å². The Morgan fingerprint density at radius 1 is 1.14 bits per heavy atom. The van der Waals surface area contributed by atoms with Crippen molar-refractivity contribution in [3.63, 3.8) is 0 Å². The number of rotatable bonds is 10. The van der Waals surface area contributed by atoms with Gasteiger partial charge in [-0.3, -0.25) is 18.9 Å². The number of carbonyl (C=O) groups is 1. The number of nitrogens with zero attached hydrogens (tertiary/aromatic N) is 6. The zero-order valence-electron chi connectivity index (χ0n) is 20.3. The molecular formula is C26H29N7O3. The number of unbranched alkanes of at least 4 members (excludes halogenated alkanes) is 1. The second kappa shape index (κ2) is 9.88. The maximum atomic E-state index is 13.4. The van der Waals surface area contributed by atoms with Gasteiger partial charge >= 0.3 is 11.7 Å². The lowest BCUT2D eigenvalue weighted by Gasteiger charge is -2.09. The first-order valence-electron chi connectivity index (χ1n) is 12.3. The first kappa shape index (κ1) is 23.7. The molecule has 36 heavy (non-hydrogen) atoms. The molecule has 1 aliphatic rings. The summed E-state index contributed by atoms with van der Waals surface area (Å²) >= 11 is 0. The first-order valence-corrected chi connectivity index (χ1v) is 12.3. The standard InChI is InChI=1S/C26H29N7O3/c1-3-5-8-17-15-33(23-18(4-2)22(23)25(34)35)26(36)32(17)14-16-11-12-21(27-13-16)19-9-6-7-10-20(19)24-28-30-31-29-24/h6-7,9-13,15,18,22-23H,3-5,8,14H2,1-2H3,(H,34,35)(H,28,29,30,31). The van der Waals surface area contributed by atoms with Gasteiger partial charge in [0.25, 0.3) is 0 Å². The Kier molecular flexibility index (Phi) is 6.49. The molecule has 3 aromatic heterocycles. The van der Waals surface area contributed by atoms with Gasteiger partial charge in [0.1, 0.15) is 0 Å². The monoisotopic (exact) mass is 487 g/mol. The Morgan fingerprint density at radius 3 is 2.56 bits per heavy atom. The summed E-state index contributed by atoms with van der Waals surface area (Å²) in [5.41, 5.74) is 4.19. The number of benzene rings is 1. The van der Waals surface area contributed by atoms with Crippen molar-refractivity contribution in [3.8, 4) is 22.6 Å². The summed E-state index contributed by atoms with van der Waals surface area (Å²) in [5, 5.41) is 23.7. The third-order valence-corrected chi connectivity index (χ3v) is 7.05. The van der Waals surface area contributed by atoms with Gasteiger partial charge in [0.05, 0.1) is 24.2 Å². The lowest BCUT2D eigenvalue weighted by atomic mass is 10.0. The maximum Gasteiger partial charge on any atom is 0.328 e. The zero-order chi connectivity index (χ0) is 25.2. The highest BCUT2D eigenvalue weighted by atomic mass is 16.4. The van der Waals surface area contributed by atoms with Gasteiger partial charge in [-0.15, -0.1) is 5.10 Å². The normalized spacial score (nSPS) is 18.9. The van der Waals surface area contributed by atoms with Crippen molar-refractivity contribution < 1.29 is 9.90 Å². The van der Waals surface area contributed by atoms with E-state index in [-0.39, 0.29) is 17.6 Å². The molecule has 0 aliphatic heterocycles. The Bertz CT molecular complexity index is 1410. The van der Waals surface area contributed by atoms with Crippen LogP contribution in [0.25, 0.3) is 22.6 Å². The Labute approximate surface area is 208 Å². The highest BCUT2D eigenvalue weighted by Crippen LogP contribution is 2.52. The number of imidazole rings is 1. The minimum atomic E-state index is -0.831. The fourth-order valence-electron chi connectivity index (χ4n) is 5.09. The molecule has 1 fully saturated rings. The van der Waals surface area contributed by atoms with Crippen molar-refractivity contribution in [3.05, 3.63) is 70.5 Å². The highest BCUT2D eigenvalue weighted by Gasteiger charge is 2.56. The van der Waals surface area contributed by atoms with E-state index in [4.69, 9.17) is 0 Å². The molecule has 0 bridgehead atoms. The number of hydrogen-bond donors (Lipinski definition) is 2. The van der Waals surface area contributed by atoms with E-state index in [9.17, 15) is 14.7 Å². The van der Waals surface area contributed by atoms with Crippen molar-refractivity contribution in [2.24, 2.45) is 11.8 Å². The maximum absolute atomic E-state index is 13.4. The number of carboxylic acid groups (broad SMARTS) is 1. The number of carboxylic acids is 1. The Hall–Kier alpha value is -4.08. The molecule has 1 saturated carbocycles. The summed E-state index contributed by atoms with van der Waals surface area (Å²) in [7, 11) is 0. The molecule has 0 amide bonds. The largest absolute Gasteiger partial charge is 0.481 e. The van der Waals surface area contributed by atoms with Crippen LogP contribution >= 0.6 is 0 Å². The van der Waals surface area contributed by atoms with E-state index < -0.39 is 11.9 Å². The first-order chi connectivity index (χ1) is 17.5. The molecule has 4 aromatic rings. The van der Waals surface area contributed by atoms with Gasteiger partial charge < -0.3 is 5.11 Å². The number of tetrazole rings is 1. The molecule has 3 heterocycles. The minimum Gasteiger partial charge on any atom is -0.481 e. The number of aromatic nitrogens is 7. The third kappa shape index (κ3) is 4.34. The molecule has 2 N–H and O–H groups in total. The number of pyridine rings is 1. The third-order valence-electron chi connectivity index (χ3n) is 7.05. The molecule has 0 spiro atoms. The van der Waals surface area contributed by atoms with Crippen LogP contribution in [0, 0.1) is 11.8 Å². The number of aromatic amines is 1. The number of H-pyrrole nitrogens is 1. The SMILES string of the molecule is CCCCc1cn(C2C(CC)C2C(=O)O)c(=O)n1Cc1ccc(-c2ccccc2-c2nnn[nH]2)nc1. The highest BCUT2D eigenvalue weighted by molar-refractivity contribution is 5.78. The van der Waals surface area contributed by atoms with Crippen LogP contribution in [-0.2, 0) is 17.8 Å². The van der Waals surface area contributed by atoms with Gasteiger partial charge in [0.2, 0.25) is 0 Å². The van der Waals surface area contributed by atoms with Crippen LogP contribution in [-0.4, -0.2) is 45.8 Å². The van der Waals surface area contributed by atoms with Crippen molar-refractivity contribution in [2.45, 2.75) is 52.1 Å². The summed E-state index contributed by atoms with van der Waals surface area (Å²) in [4.78, 5) is 29.8. The van der Waals surface area contributed by atoms with E-state index in [2.05, 4.69) is 32.5 Å². The fraction of sp³-hybridized carbons (Fsp3) is 0.385. The van der Waals surface area contributed by atoms with Crippen molar-refractivity contribution in [2.75, 3.05) is 0 Å². The average Bonchev–Trinajstić information content (AvgIpc) is 3.21. The van der Waals surface area contributed by atoms with E-state index in [0.29, 0.717) is 12.4 Å². The molecule has 0 saturated heterocycles. The van der Waals surface area contributed by atoms with Crippen LogP contribution in [0.1, 0.15) is 50.4 Å². The van der Waals surface area contributed by atoms with Gasteiger partial charge in [0.15, 0.2) is 5.82 Å². The van der Waals surface area contributed by atoms with Crippen LogP contribution in [0.5, 0.6) is 0 Å². The molecule has 1 aromatic carbocycles. The summed E-state index contributed by atoms with van der Waals surface area (Å²) < 4.78 is 3.42. The molecule has 5 rings (SSSR count). The Balaban J connectivity index is 1.44. The average molecular weight is 488 g/mol. The number of aliphatic carboxylic acids is 1. The minimum absolute atomic E-state index is 0.00402. The van der Waals surface area contributed by atoms with Gasteiger partial charge in [-0.1, -0.05) is 57.0 Å². The summed E-state index contributed by atoms with van der Waals surface area (Å²) in [6.07, 6.45) is 7.12. The lowest BCUT2D eigenvalue weighted by molar-refractivity contribution is -0.139. The number of aryl methyl sites for hydroxylation is 1. The number of nitrogens with one attached hydrogen (secondary N) is 1. The van der Waals surface area contributed by atoms with Crippen LogP contribution in [0.4, 0.5) is 0 Å². The quantitative estimate of drug-likeness (QED) is 0.349. The second-order valence-electron chi connectivity index (χ2n) is 9.27. The van der Waals surface area contributed by atoms with Gasteiger partial charge in [-0.05, 0) is 40.8 Å². The van der Waals surface area contributed by atoms with Crippen molar-refractivity contribution >= 4 is 5.97 Å². The zero-order valence-corrected chi connectivity index (χ0v) is 20.3. The molecule has 10 nitrogen and oxygen atoms in total. The van der Waals surface area contributed by atoms with Gasteiger partial charge in [-0.25, -0.2) is 9.89 Å². The van der Waals surface area contributed by atoms with Gasteiger partial charge in [0, 0.05) is 29.2 Å². The van der Waals surface area contributed by atoms with Crippen LogP contribution < -0.4 is 5.69 Å². The van der Waals surface area contributed by atoms with E-state index in [1.165, 1.54) is 0 Å². The molecule has 186 valence electrons. The van der Waals surface area contributed by atoms with Crippen molar-refractivity contribution in [1.29, 1.82) is 0 Å². The number of hydrogen-bond acceptors (Lipinski definition) is 6. The summed E-state index contributed by atoms with van der Waals surface area (Å²) in [6.45, 7) is 4.47. The lowest BCUT2D eigenvalue weighted by Crippen LogP contribution is -2.26. The smallest absolute Gasteiger partial charge is 0.328 e. The summed E-state index contributed by atoms with van der Waals surface area (Å²) in [5.74, 6) is -0.767. The molecule has 1 aliphatic carbocycles. The van der Waals surface area contributed by atoms with Crippen LogP contribution in [0.3, 0.4) is 0 Å². The van der Waals surface area contributed by atoms with Crippen LogP contribution in [0.2, 0.25) is 0 Å². The topological polar surface area (TPSA) is 132 Å². The summed E-state index contributed by atoms with van der Waals surface area (Å²) in [6, 6.07) is 11.4. The van der Waals surface area contributed by atoms with Crippen LogP contribution in [0.15, 0.2) is 53.6 Å². The molecule has 3 unspecified atom stereocenters. The van der Waals surface area contributed by atoms with Gasteiger partial charge in [-0.2, -0.15) is 0 Å². The predicted molar refractivity (Wildman–Crippen MR) is 133 cm³/mol. The Morgan fingerprint density at radius 2 is 1.94 bits per heavy atom. The van der Waals surface area contributed by atoms with E-state index >= 15 is 0 Å². The molecule has 10 heteroatoms. The van der Waals surface area contributed by atoms with E-state index in [1.54, 1.807) is 15.3 Å². The fourth-order valence-corrected chi connectivity index (χ4v) is 5.09.